The maximum absolute atomic E-state index is 5.63. The molecule has 0 saturated carbocycles. The minimum atomic E-state index is 0.569. The van der Waals surface area contributed by atoms with Crippen LogP contribution in [0.4, 0.5) is 0 Å². The Balaban J connectivity index is 2.18. The fourth-order valence-electron chi connectivity index (χ4n) is 1.94. The van der Waals surface area contributed by atoms with Crippen LogP contribution in [0.15, 0.2) is 15.2 Å². The summed E-state index contributed by atoms with van der Waals surface area (Å²) in [4.78, 5) is 0. The summed E-state index contributed by atoms with van der Waals surface area (Å²) in [5, 5.41) is 3.39. The molecule has 1 aromatic heterocycles. The van der Waals surface area contributed by atoms with Crippen molar-refractivity contribution in [3.05, 3.63) is 22.1 Å². The van der Waals surface area contributed by atoms with E-state index in [1.165, 1.54) is 18.4 Å². The molecular weight excluding hydrogens is 230 g/mol. The van der Waals surface area contributed by atoms with Gasteiger partial charge in [-0.2, -0.15) is 0 Å². The van der Waals surface area contributed by atoms with Crippen LogP contribution in [0.5, 0.6) is 0 Å². The molecule has 0 radical (unpaired) electrons. The molecule has 1 N–H and O–H groups in total. The zero-order valence-corrected chi connectivity index (χ0v) is 9.36. The largest absolute Gasteiger partial charge is 0.454 e. The standard InChI is InChI=1S/C10H14BrNO/c1-7-5-9(11)13-10(7)8-3-2-4-12-6-8/h5,8,12H,2-4,6H2,1H3. The second-order valence-electron chi connectivity index (χ2n) is 3.64. The van der Waals surface area contributed by atoms with Crippen LogP contribution in [0.2, 0.25) is 0 Å². The molecule has 1 aromatic rings. The van der Waals surface area contributed by atoms with Crippen LogP contribution in [-0.2, 0) is 0 Å². The molecule has 3 heteroatoms. The Bertz CT molecular complexity index is 289. The lowest BCUT2D eigenvalue weighted by Crippen LogP contribution is -2.28. The van der Waals surface area contributed by atoms with Gasteiger partial charge in [0, 0.05) is 12.5 Å². The van der Waals surface area contributed by atoms with Gasteiger partial charge in [-0.05, 0) is 53.9 Å². The van der Waals surface area contributed by atoms with E-state index in [1.807, 2.05) is 6.07 Å². The first kappa shape index (κ1) is 9.28. The molecule has 0 aromatic carbocycles. The van der Waals surface area contributed by atoms with E-state index in [4.69, 9.17) is 4.42 Å². The maximum atomic E-state index is 5.63. The first-order valence-corrected chi connectivity index (χ1v) is 5.53. The van der Waals surface area contributed by atoms with Crippen molar-refractivity contribution in [2.24, 2.45) is 0 Å². The van der Waals surface area contributed by atoms with Crippen LogP contribution in [0.3, 0.4) is 0 Å². The van der Waals surface area contributed by atoms with Crippen molar-refractivity contribution in [2.45, 2.75) is 25.7 Å². The van der Waals surface area contributed by atoms with E-state index in [9.17, 15) is 0 Å². The molecule has 1 aliphatic rings. The Morgan fingerprint density at radius 3 is 3.00 bits per heavy atom. The quantitative estimate of drug-likeness (QED) is 0.821. The van der Waals surface area contributed by atoms with Crippen LogP contribution < -0.4 is 5.32 Å². The molecule has 72 valence electrons. The van der Waals surface area contributed by atoms with Gasteiger partial charge in [0.1, 0.15) is 5.76 Å². The molecule has 0 aliphatic carbocycles. The molecule has 2 nitrogen and oxygen atoms in total. The Labute approximate surface area is 86.8 Å². The number of nitrogens with one attached hydrogen (secondary N) is 1. The predicted octanol–water partition coefficient (Wildman–Crippen LogP) is 2.82. The van der Waals surface area contributed by atoms with Crippen LogP contribution in [-0.4, -0.2) is 13.1 Å². The van der Waals surface area contributed by atoms with E-state index < -0.39 is 0 Å². The van der Waals surface area contributed by atoms with Gasteiger partial charge >= 0.3 is 0 Å². The van der Waals surface area contributed by atoms with Gasteiger partial charge in [-0.3, -0.25) is 0 Å². The van der Waals surface area contributed by atoms with Gasteiger partial charge < -0.3 is 9.73 Å². The fourth-order valence-corrected chi connectivity index (χ4v) is 2.46. The lowest BCUT2D eigenvalue weighted by Gasteiger charge is -2.21. The lowest BCUT2D eigenvalue weighted by atomic mass is 9.95. The summed E-state index contributed by atoms with van der Waals surface area (Å²) in [6.07, 6.45) is 2.50. The summed E-state index contributed by atoms with van der Waals surface area (Å²) in [6.45, 7) is 4.32. The average Bonchev–Trinajstić information content (AvgIpc) is 2.47. The van der Waals surface area contributed by atoms with Crippen LogP contribution in [0, 0.1) is 6.92 Å². The first-order valence-electron chi connectivity index (χ1n) is 4.74. The number of aryl methyl sites for hydroxylation is 1. The summed E-state index contributed by atoms with van der Waals surface area (Å²) in [5.41, 5.74) is 1.26. The van der Waals surface area contributed by atoms with E-state index in [0.717, 1.165) is 23.5 Å². The van der Waals surface area contributed by atoms with Crippen LogP contribution in [0.25, 0.3) is 0 Å². The molecule has 2 heterocycles. The zero-order valence-electron chi connectivity index (χ0n) is 7.77. The van der Waals surface area contributed by atoms with E-state index in [-0.39, 0.29) is 0 Å². The van der Waals surface area contributed by atoms with Gasteiger partial charge in [0.15, 0.2) is 4.67 Å². The van der Waals surface area contributed by atoms with Crippen molar-refractivity contribution < 1.29 is 4.42 Å². The monoisotopic (exact) mass is 243 g/mol. The molecule has 0 bridgehead atoms. The smallest absolute Gasteiger partial charge is 0.169 e. The topological polar surface area (TPSA) is 25.2 Å². The second-order valence-corrected chi connectivity index (χ2v) is 4.42. The number of hydrogen-bond donors (Lipinski definition) is 1. The van der Waals surface area contributed by atoms with E-state index in [0.29, 0.717) is 5.92 Å². The number of hydrogen-bond acceptors (Lipinski definition) is 2. The van der Waals surface area contributed by atoms with E-state index in [2.05, 4.69) is 28.2 Å². The van der Waals surface area contributed by atoms with Gasteiger partial charge in [-0.1, -0.05) is 0 Å². The van der Waals surface area contributed by atoms with Crippen molar-refractivity contribution in [1.82, 2.24) is 5.32 Å². The Morgan fingerprint density at radius 1 is 1.62 bits per heavy atom. The van der Waals surface area contributed by atoms with Gasteiger partial charge in [0.2, 0.25) is 0 Å². The number of piperidine rings is 1. The number of halogens is 1. The highest BCUT2D eigenvalue weighted by Crippen LogP contribution is 2.30. The molecular formula is C10H14BrNO. The van der Waals surface area contributed by atoms with Crippen molar-refractivity contribution in [3.63, 3.8) is 0 Å². The summed E-state index contributed by atoms with van der Waals surface area (Å²) >= 11 is 3.36. The maximum Gasteiger partial charge on any atom is 0.169 e. The average molecular weight is 244 g/mol. The summed E-state index contributed by atoms with van der Waals surface area (Å²) in [6, 6.07) is 2.05. The van der Waals surface area contributed by atoms with Crippen molar-refractivity contribution in [1.29, 1.82) is 0 Å². The Morgan fingerprint density at radius 2 is 2.46 bits per heavy atom. The number of rotatable bonds is 1. The molecule has 1 saturated heterocycles. The van der Waals surface area contributed by atoms with Crippen molar-refractivity contribution in [3.8, 4) is 0 Å². The van der Waals surface area contributed by atoms with Crippen molar-refractivity contribution >= 4 is 15.9 Å². The highest BCUT2D eigenvalue weighted by Gasteiger charge is 2.20. The van der Waals surface area contributed by atoms with Crippen LogP contribution in [0.1, 0.15) is 30.1 Å². The molecule has 13 heavy (non-hydrogen) atoms. The van der Waals surface area contributed by atoms with Gasteiger partial charge in [-0.15, -0.1) is 0 Å². The lowest BCUT2D eigenvalue weighted by molar-refractivity contribution is 0.379. The van der Waals surface area contributed by atoms with E-state index in [1.54, 1.807) is 0 Å². The summed E-state index contributed by atoms with van der Waals surface area (Å²) < 4.78 is 6.48. The zero-order chi connectivity index (χ0) is 9.26. The minimum absolute atomic E-state index is 0.569. The Kier molecular flexibility index (Phi) is 2.74. The molecule has 1 atom stereocenters. The van der Waals surface area contributed by atoms with Crippen LogP contribution >= 0.6 is 15.9 Å². The van der Waals surface area contributed by atoms with Gasteiger partial charge in [0.05, 0.1) is 0 Å². The number of furan rings is 1. The van der Waals surface area contributed by atoms with E-state index >= 15 is 0 Å². The third-order valence-corrected chi connectivity index (χ3v) is 2.98. The first-order chi connectivity index (χ1) is 6.27. The Hall–Kier alpha value is -0.280. The normalized spacial score (nSPS) is 23.4. The van der Waals surface area contributed by atoms with Crippen molar-refractivity contribution in [2.75, 3.05) is 13.1 Å². The minimum Gasteiger partial charge on any atom is -0.454 e. The van der Waals surface area contributed by atoms with Gasteiger partial charge in [-0.25, -0.2) is 0 Å². The molecule has 2 rings (SSSR count). The van der Waals surface area contributed by atoms with Gasteiger partial charge in [0.25, 0.3) is 0 Å². The highest BCUT2D eigenvalue weighted by atomic mass is 79.9. The molecule has 0 spiro atoms. The third-order valence-electron chi connectivity index (χ3n) is 2.59. The molecule has 1 fully saturated rings. The molecule has 1 unspecified atom stereocenters. The fraction of sp³-hybridized carbons (Fsp3) is 0.600. The highest BCUT2D eigenvalue weighted by molar-refractivity contribution is 9.10. The SMILES string of the molecule is Cc1cc(Br)oc1C1CCCNC1. The second kappa shape index (κ2) is 3.84. The predicted molar refractivity (Wildman–Crippen MR) is 56.0 cm³/mol. The molecule has 1 aliphatic heterocycles. The summed E-state index contributed by atoms with van der Waals surface area (Å²) in [5.74, 6) is 1.72. The third kappa shape index (κ3) is 1.97. The molecule has 0 amide bonds. The summed E-state index contributed by atoms with van der Waals surface area (Å²) in [7, 11) is 0.